The Labute approximate surface area is 345 Å². The Morgan fingerprint density at radius 3 is 2.35 bits per heavy atom. The summed E-state index contributed by atoms with van der Waals surface area (Å²) < 4.78 is 50.6. The summed E-state index contributed by atoms with van der Waals surface area (Å²) in [7, 11) is 0. The van der Waals surface area contributed by atoms with E-state index in [4.69, 9.17) is 13.2 Å². The molecule has 0 bridgehead atoms. The van der Waals surface area contributed by atoms with Crippen LogP contribution in [0.4, 0.5) is 0 Å². The van der Waals surface area contributed by atoms with Crippen molar-refractivity contribution in [2.45, 2.75) is 38.0 Å². The number of pyridine rings is 3. The summed E-state index contributed by atoms with van der Waals surface area (Å²) in [6, 6.07) is 37.3. The van der Waals surface area contributed by atoms with E-state index in [1.807, 2.05) is 74.8 Å². The third-order valence-corrected chi connectivity index (χ3v) is 14.5. The number of hydrogen-bond acceptors (Lipinski definition) is 5. The Kier molecular flexibility index (Phi) is 8.77. The van der Waals surface area contributed by atoms with Gasteiger partial charge in [0.05, 0.1) is 16.9 Å². The molecule has 1 radical (unpaired) electrons. The second-order valence-corrected chi connectivity index (χ2v) is 25.6. The first-order chi connectivity index (χ1) is 28.1. The summed E-state index contributed by atoms with van der Waals surface area (Å²) in [6.45, 7) is 1.86. The molecule has 0 N–H and O–H groups in total. The van der Waals surface area contributed by atoms with Crippen molar-refractivity contribution < 1.29 is 28.3 Å². The molecule has 0 aliphatic rings. The Hall–Kier alpha value is -4.79. The molecule has 0 atom stereocenters. The van der Waals surface area contributed by atoms with Crippen LogP contribution in [0.2, 0.25) is 17.3 Å². The molecule has 4 aromatic carbocycles. The van der Waals surface area contributed by atoms with Crippen LogP contribution in [0.1, 0.15) is 25.2 Å². The molecule has 9 aromatic rings. The van der Waals surface area contributed by atoms with Gasteiger partial charge in [0.1, 0.15) is 4.83 Å². The van der Waals surface area contributed by atoms with Crippen molar-refractivity contribution >= 4 is 60.3 Å². The molecule has 0 saturated heterocycles. The number of nitrogens with zero attached hydrogens (tertiary/aromatic N) is 5. The number of aryl methyl sites for hydroxylation is 3. The summed E-state index contributed by atoms with van der Waals surface area (Å²) in [6.07, 6.45) is 3.70. The van der Waals surface area contributed by atoms with E-state index in [0.717, 1.165) is 70.9 Å². The fourth-order valence-corrected chi connectivity index (χ4v) is 9.84. The Bertz CT molecular complexity index is 2990. The Morgan fingerprint density at radius 1 is 0.833 bits per heavy atom. The molecule has 5 aromatic heterocycles. The SMILES string of the molecule is [2H]C([2H])([2H])c1ccc(-c2c[c-]c(-c3nc4ccccc4n3-c3cc(C)nc(C)c3)c3sc4ncccc4c23)cc1.[2H]c1[c-]c(-c2cc[c]([Ge]([CH3])([CH3])[CH3])cn2)cc([2H])c1[2H].[Ir]. The van der Waals surface area contributed by atoms with Crippen LogP contribution in [0.5, 0.6) is 0 Å². The molecule has 54 heavy (non-hydrogen) atoms. The summed E-state index contributed by atoms with van der Waals surface area (Å²) in [4.78, 5) is 19.7. The van der Waals surface area contributed by atoms with Crippen molar-refractivity contribution in [3.8, 4) is 39.5 Å². The van der Waals surface area contributed by atoms with Crippen LogP contribution in [0, 0.1) is 32.8 Å². The van der Waals surface area contributed by atoms with Gasteiger partial charge in [0.2, 0.25) is 0 Å². The summed E-state index contributed by atoms with van der Waals surface area (Å²) in [5.41, 5.74) is 9.22. The van der Waals surface area contributed by atoms with Crippen LogP contribution in [-0.2, 0) is 20.1 Å². The molecule has 0 fully saturated rings. The van der Waals surface area contributed by atoms with E-state index in [9.17, 15) is 0 Å². The molecule has 0 amide bonds. The van der Waals surface area contributed by atoms with Crippen LogP contribution in [0.25, 0.3) is 70.8 Å². The zero-order valence-electron chi connectivity index (χ0n) is 36.4. The van der Waals surface area contributed by atoms with Crippen molar-refractivity contribution in [2.75, 3.05) is 0 Å². The summed E-state index contributed by atoms with van der Waals surface area (Å²) in [5, 5.41) is 2.11. The predicted molar refractivity (Wildman–Crippen MR) is 225 cm³/mol. The van der Waals surface area contributed by atoms with Crippen molar-refractivity contribution in [2.24, 2.45) is 0 Å². The Morgan fingerprint density at radius 2 is 1.63 bits per heavy atom. The van der Waals surface area contributed by atoms with Gasteiger partial charge in [-0.1, -0.05) is 70.1 Å². The maximum absolute atomic E-state index is 7.76. The van der Waals surface area contributed by atoms with Gasteiger partial charge in [-0.3, -0.25) is 9.97 Å². The summed E-state index contributed by atoms with van der Waals surface area (Å²) >= 11 is -0.236. The van der Waals surface area contributed by atoms with Crippen LogP contribution >= 0.6 is 11.3 Å². The molecule has 269 valence electrons. The molecule has 9 rings (SSSR count). The van der Waals surface area contributed by atoms with Gasteiger partial charge < -0.3 is 4.57 Å². The molecule has 0 unspecified atom stereocenters. The monoisotopic (exact) mass is 966 g/mol. The number of imidazole rings is 1. The van der Waals surface area contributed by atoms with E-state index in [1.165, 1.54) is 4.40 Å². The number of aromatic nitrogens is 5. The topological polar surface area (TPSA) is 56.5 Å². The number of benzene rings is 4. The fraction of sp³-hybridized carbons (Fsp3) is 0.130. The predicted octanol–water partition coefficient (Wildman–Crippen LogP) is 11.3. The summed E-state index contributed by atoms with van der Waals surface area (Å²) in [5.74, 6) is 7.72. The van der Waals surface area contributed by atoms with E-state index in [1.54, 1.807) is 29.5 Å². The average Bonchev–Trinajstić information content (AvgIpc) is 3.78. The van der Waals surface area contributed by atoms with Crippen LogP contribution in [0.3, 0.4) is 0 Å². The normalized spacial score (nSPS) is 13.2. The zero-order chi connectivity index (χ0) is 41.8. The molecule has 0 aliphatic heterocycles. The van der Waals surface area contributed by atoms with Crippen molar-refractivity contribution in [1.29, 1.82) is 0 Å². The van der Waals surface area contributed by atoms with Gasteiger partial charge in [0.15, 0.2) is 0 Å². The number of thiophene rings is 1. The zero-order valence-corrected chi connectivity index (χ0v) is 35.7. The first-order valence-corrected chi connectivity index (χ1v) is 25.5. The molecule has 0 saturated carbocycles. The number of para-hydroxylation sites is 2. The maximum atomic E-state index is 7.76. The molecule has 8 heteroatoms. The third-order valence-electron chi connectivity index (χ3n) is 9.08. The second-order valence-electron chi connectivity index (χ2n) is 13.9. The minimum absolute atomic E-state index is 0. The minimum Gasteiger partial charge on any atom is 0 e. The largest absolute Gasteiger partial charge is 0 e. The quantitative estimate of drug-likeness (QED) is 0.127. The first kappa shape index (κ1) is 30.5. The number of hydrogen-bond donors (Lipinski definition) is 0. The average molecular weight is 965 g/mol. The number of fused-ring (bicyclic) bond motifs is 4. The maximum Gasteiger partial charge on any atom is 0 e. The Balaban J connectivity index is 0.000000230. The van der Waals surface area contributed by atoms with E-state index >= 15 is 0 Å². The first-order valence-electron chi connectivity index (χ1n) is 20.3. The van der Waals surface area contributed by atoms with Crippen molar-refractivity contribution in [3.05, 3.63) is 157 Å². The minimum atomic E-state index is -2.15. The van der Waals surface area contributed by atoms with Gasteiger partial charge in [-0.2, -0.15) is 11.3 Å². The van der Waals surface area contributed by atoms with Gasteiger partial charge in [-0.05, 0) is 55.7 Å². The van der Waals surface area contributed by atoms with Crippen molar-refractivity contribution in [3.63, 3.8) is 0 Å². The van der Waals surface area contributed by atoms with Gasteiger partial charge in [-0.15, -0.1) is 12.1 Å². The van der Waals surface area contributed by atoms with Crippen LogP contribution in [-0.4, -0.2) is 37.8 Å². The van der Waals surface area contributed by atoms with Crippen molar-refractivity contribution in [1.82, 2.24) is 24.5 Å². The van der Waals surface area contributed by atoms with E-state index in [-0.39, 0.29) is 38.2 Å². The molecule has 5 heterocycles. The molecule has 0 spiro atoms. The second kappa shape index (κ2) is 15.5. The number of rotatable bonds is 5. The molecule has 5 nitrogen and oxygen atoms in total. The van der Waals surface area contributed by atoms with E-state index in [2.05, 4.69) is 79.3 Å². The molecule has 0 aliphatic carbocycles. The van der Waals surface area contributed by atoms with E-state index < -0.39 is 20.1 Å². The van der Waals surface area contributed by atoms with Gasteiger partial charge in [-0.25, -0.2) is 4.98 Å². The molecular weight excluding hydrogens is 919 g/mol. The smallest absolute Gasteiger partial charge is 0 e. The van der Waals surface area contributed by atoms with Gasteiger partial charge in [0.25, 0.3) is 0 Å². The fourth-order valence-electron chi connectivity index (χ4n) is 6.51. The van der Waals surface area contributed by atoms with Gasteiger partial charge in [0, 0.05) is 52.9 Å². The van der Waals surface area contributed by atoms with E-state index in [0.29, 0.717) is 16.8 Å². The molecular formula is C46H39GeIrN5S-2. The van der Waals surface area contributed by atoms with Gasteiger partial charge >= 0.3 is 104 Å². The standard InChI is InChI=1S/C32H23N4S.C14H16GeN.Ir/c1-19-10-12-22(13-11-19)24-14-15-26(30-29(24)25-7-6-16-33-32(25)37-30)31-35-27-8-4-5-9-28(27)36(31)23-17-20(2)34-21(3)18-23;1-15(2,3)13-9-10-14(16-11-13)12-7-5-4-6-8-12;/h4-14,16-18H,1-3H3;4-7,9-11H,1-3H3;/q2*-1;/i1D3;4D,5D,6D;. The van der Waals surface area contributed by atoms with Crippen LogP contribution in [0.15, 0.2) is 128 Å². The third kappa shape index (κ3) is 7.47. The van der Waals surface area contributed by atoms with Crippen LogP contribution < -0.4 is 4.40 Å².